The van der Waals surface area contributed by atoms with Crippen LogP contribution in [0.5, 0.6) is 11.5 Å². The highest BCUT2D eigenvalue weighted by Gasteiger charge is 2.16. The lowest BCUT2D eigenvalue weighted by Gasteiger charge is -2.17. The molecular weight excluding hydrogens is 441 g/mol. The Kier molecular flexibility index (Phi) is 6.65. The molecule has 3 aromatic carbocycles. The van der Waals surface area contributed by atoms with Crippen LogP contribution in [0.25, 0.3) is 22.0 Å². The van der Waals surface area contributed by atoms with Gasteiger partial charge in [0.15, 0.2) is 0 Å². The number of fused-ring (bicyclic) bond motifs is 1. The molecule has 1 unspecified atom stereocenters. The third-order valence-electron chi connectivity index (χ3n) is 5.82. The van der Waals surface area contributed by atoms with Crippen molar-refractivity contribution in [3.63, 3.8) is 0 Å². The molecule has 1 atom stereocenters. The minimum absolute atomic E-state index is 0.308. The Balaban J connectivity index is 1.82. The van der Waals surface area contributed by atoms with Gasteiger partial charge in [0.1, 0.15) is 29.5 Å². The van der Waals surface area contributed by atoms with E-state index in [2.05, 4.69) is 35.2 Å². The fourth-order valence-corrected chi connectivity index (χ4v) is 3.97. The first-order valence-corrected chi connectivity index (χ1v) is 11.1. The zero-order valence-corrected chi connectivity index (χ0v) is 19.7. The van der Waals surface area contributed by atoms with Crippen LogP contribution < -0.4 is 14.8 Å². The molecule has 33 heavy (non-hydrogen) atoms. The number of nitrogens with zero attached hydrogens (tertiary/aromatic N) is 2. The molecule has 1 aromatic heterocycles. The number of hydrogen-bond donors (Lipinski definition) is 1. The molecule has 7 heteroatoms. The summed E-state index contributed by atoms with van der Waals surface area (Å²) in [5.74, 6) is 1.95. The van der Waals surface area contributed by atoms with Crippen molar-refractivity contribution >= 4 is 34.0 Å². The molecule has 4 rings (SSSR count). The van der Waals surface area contributed by atoms with E-state index in [1.54, 1.807) is 38.5 Å². The van der Waals surface area contributed by atoms with Crippen LogP contribution in [0.3, 0.4) is 0 Å². The number of halogens is 2. The van der Waals surface area contributed by atoms with Gasteiger partial charge in [-0.25, -0.2) is 14.4 Å². The van der Waals surface area contributed by atoms with Crippen molar-refractivity contribution in [3.8, 4) is 22.6 Å². The van der Waals surface area contributed by atoms with Gasteiger partial charge in [-0.15, -0.1) is 0 Å². The number of hydrogen-bond acceptors (Lipinski definition) is 5. The van der Waals surface area contributed by atoms with E-state index in [1.807, 2.05) is 12.1 Å². The maximum atomic E-state index is 14.5. The van der Waals surface area contributed by atoms with E-state index in [4.69, 9.17) is 21.1 Å². The highest BCUT2D eigenvalue weighted by molar-refractivity contribution is 6.30. The molecule has 0 aliphatic carbocycles. The number of nitrogens with one attached hydrogen (secondary N) is 1. The van der Waals surface area contributed by atoms with Crippen molar-refractivity contribution in [2.45, 2.75) is 26.2 Å². The summed E-state index contributed by atoms with van der Waals surface area (Å²) in [6, 6.07) is 14.1. The highest BCUT2D eigenvalue weighted by atomic mass is 35.5. The Labute approximate surface area is 197 Å². The van der Waals surface area contributed by atoms with Crippen LogP contribution in [0.1, 0.15) is 31.7 Å². The van der Waals surface area contributed by atoms with E-state index in [0.29, 0.717) is 39.3 Å². The van der Waals surface area contributed by atoms with Crippen LogP contribution in [-0.2, 0) is 0 Å². The molecule has 0 amide bonds. The number of ether oxygens (including phenoxy) is 2. The van der Waals surface area contributed by atoms with Crippen LogP contribution in [-0.4, -0.2) is 24.2 Å². The maximum absolute atomic E-state index is 14.5. The predicted molar refractivity (Wildman–Crippen MR) is 131 cm³/mol. The Bertz CT molecular complexity index is 1310. The Morgan fingerprint density at radius 1 is 1.00 bits per heavy atom. The highest BCUT2D eigenvalue weighted by Crippen LogP contribution is 2.38. The Hall–Kier alpha value is -3.38. The Morgan fingerprint density at radius 2 is 1.79 bits per heavy atom. The quantitative estimate of drug-likeness (QED) is 0.309. The molecule has 0 aliphatic rings. The number of anilines is 2. The van der Waals surface area contributed by atoms with E-state index in [9.17, 15) is 4.39 Å². The molecule has 1 N–H and O–H groups in total. The first-order valence-electron chi connectivity index (χ1n) is 10.7. The monoisotopic (exact) mass is 465 g/mol. The van der Waals surface area contributed by atoms with Gasteiger partial charge in [-0.3, -0.25) is 0 Å². The molecule has 0 bridgehead atoms. The van der Waals surface area contributed by atoms with Crippen LogP contribution >= 0.6 is 11.6 Å². The predicted octanol–water partition coefficient (Wildman–Crippen LogP) is 7.36. The zero-order chi connectivity index (χ0) is 23.5. The minimum Gasteiger partial charge on any atom is -0.496 e. The van der Waals surface area contributed by atoms with Gasteiger partial charge < -0.3 is 14.8 Å². The first kappa shape index (κ1) is 22.8. The Morgan fingerprint density at radius 3 is 2.48 bits per heavy atom. The summed E-state index contributed by atoms with van der Waals surface area (Å²) in [6.07, 6.45) is 2.48. The summed E-state index contributed by atoms with van der Waals surface area (Å²) >= 11 is 5.92. The normalized spacial score (nSPS) is 11.9. The molecule has 5 nitrogen and oxygen atoms in total. The van der Waals surface area contributed by atoms with Crippen molar-refractivity contribution in [1.82, 2.24) is 9.97 Å². The molecule has 0 saturated heterocycles. The molecule has 0 spiro atoms. The van der Waals surface area contributed by atoms with Gasteiger partial charge in [0.2, 0.25) is 0 Å². The molecule has 0 fully saturated rings. The SMILES string of the molecule is CCC(C)c1cc2c(Nc3cc(-c4ccc(Cl)cc4F)ccc3OC)ncnc2cc1OC. The summed E-state index contributed by atoms with van der Waals surface area (Å²) < 4.78 is 25.7. The van der Waals surface area contributed by atoms with Crippen LogP contribution in [0.15, 0.2) is 54.9 Å². The van der Waals surface area contributed by atoms with Crippen molar-refractivity contribution in [2.24, 2.45) is 0 Å². The second kappa shape index (κ2) is 9.63. The smallest absolute Gasteiger partial charge is 0.142 e. The third kappa shape index (κ3) is 4.57. The lowest BCUT2D eigenvalue weighted by Crippen LogP contribution is -2.02. The van der Waals surface area contributed by atoms with E-state index in [0.717, 1.165) is 28.6 Å². The molecule has 0 aliphatic heterocycles. The van der Waals surface area contributed by atoms with Crippen LogP contribution in [0, 0.1) is 5.82 Å². The average molecular weight is 466 g/mol. The van der Waals surface area contributed by atoms with E-state index >= 15 is 0 Å². The van der Waals surface area contributed by atoms with E-state index < -0.39 is 5.82 Å². The van der Waals surface area contributed by atoms with Crippen molar-refractivity contribution in [1.29, 1.82) is 0 Å². The van der Waals surface area contributed by atoms with Gasteiger partial charge in [0.25, 0.3) is 0 Å². The fourth-order valence-electron chi connectivity index (χ4n) is 3.81. The van der Waals surface area contributed by atoms with Gasteiger partial charge in [-0.05, 0) is 59.9 Å². The minimum atomic E-state index is -0.392. The summed E-state index contributed by atoms with van der Waals surface area (Å²) in [5.41, 5.74) is 3.64. The molecule has 0 saturated carbocycles. The standard InChI is InChI=1S/C26H25ClFN3O2/c1-5-15(2)19-12-20-22(13-25(19)33-4)29-14-30-26(20)31-23-10-16(6-9-24(23)32-3)18-8-7-17(27)11-21(18)28/h6-15H,5H2,1-4H3,(H,29,30,31). The van der Waals surface area contributed by atoms with Gasteiger partial charge >= 0.3 is 0 Å². The molecule has 4 aromatic rings. The molecule has 170 valence electrons. The number of rotatable bonds is 7. The molecule has 0 radical (unpaired) electrons. The van der Waals surface area contributed by atoms with Crippen molar-refractivity contribution in [2.75, 3.05) is 19.5 Å². The topological polar surface area (TPSA) is 56.3 Å². The van der Waals surface area contributed by atoms with Gasteiger partial charge in [0.05, 0.1) is 25.4 Å². The van der Waals surface area contributed by atoms with Crippen LogP contribution in [0.4, 0.5) is 15.9 Å². The van der Waals surface area contributed by atoms with Gasteiger partial charge in [0, 0.05) is 22.0 Å². The fraction of sp³-hybridized carbons (Fsp3) is 0.231. The lowest BCUT2D eigenvalue weighted by molar-refractivity contribution is 0.406. The largest absolute Gasteiger partial charge is 0.496 e. The van der Waals surface area contributed by atoms with Gasteiger partial charge in [-0.2, -0.15) is 0 Å². The average Bonchev–Trinajstić information content (AvgIpc) is 2.83. The summed E-state index contributed by atoms with van der Waals surface area (Å²) in [5, 5.41) is 4.57. The summed E-state index contributed by atoms with van der Waals surface area (Å²) in [6.45, 7) is 4.30. The van der Waals surface area contributed by atoms with E-state index in [-0.39, 0.29) is 0 Å². The number of aromatic nitrogens is 2. The summed E-state index contributed by atoms with van der Waals surface area (Å²) in [7, 11) is 3.26. The number of methoxy groups -OCH3 is 2. The van der Waals surface area contributed by atoms with Crippen molar-refractivity contribution < 1.29 is 13.9 Å². The van der Waals surface area contributed by atoms with Gasteiger partial charge in [-0.1, -0.05) is 31.5 Å². The van der Waals surface area contributed by atoms with E-state index in [1.165, 1.54) is 12.4 Å². The number of benzene rings is 3. The maximum Gasteiger partial charge on any atom is 0.142 e. The molecule has 1 heterocycles. The van der Waals surface area contributed by atoms with Crippen LogP contribution in [0.2, 0.25) is 5.02 Å². The zero-order valence-electron chi connectivity index (χ0n) is 18.9. The second-order valence-electron chi connectivity index (χ2n) is 7.81. The second-order valence-corrected chi connectivity index (χ2v) is 8.24. The summed E-state index contributed by atoms with van der Waals surface area (Å²) in [4.78, 5) is 8.90. The molecular formula is C26H25ClFN3O2. The third-order valence-corrected chi connectivity index (χ3v) is 6.06. The van der Waals surface area contributed by atoms with Crippen molar-refractivity contribution in [3.05, 3.63) is 71.3 Å². The first-order chi connectivity index (χ1) is 15.9. The lowest BCUT2D eigenvalue weighted by atomic mass is 9.96.